The van der Waals surface area contributed by atoms with Crippen LogP contribution in [0.4, 0.5) is 0 Å². The molecule has 0 aromatic heterocycles. The minimum atomic E-state index is 0.425. The summed E-state index contributed by atoms with van der Waals surface area (Å²) in [7, 11) is 0. The maximum Gasteiger partial charge on any atom is 0.106 e. The highest BCUT2D eigenvalue weighted by Gasteiger charge is 2.04. The van der Waals surface area contributed by atoms with Gasteiger partial charge >= 0.3 is 0 Å². The van der Waals surface area contributed by atoms with E-state index in [-0.39, 0.29) is 0 Å². The molecular weight excluding hydrogens is 118 g/mol. The summed E-state index contributed by atoms with van der Waals surface area (Å²) in [4.78, 5) is 8.00. The van der Waals surface area contributed by atoms with E-state index in [0.717, 1.165) is 19.7 Å². The summed E-state index contributed by atoms with van der Waals surface area (Å²) in [5.41, 5.74) is 0. The minimum Gasteiger partial charge on any atom is -0.376 e. The third kappa shape index (κ3) is 4.12. The molecule has 1 N–H and O–H groups in total. The van der Waals surface area contributed by atoms with Crippen LogP contribution in [-0.4, -0.2) is 32.6 Å². The van der Waals surface area contributed by atoms with Crippen molar-refractivity contribution in [3.05, 3.63) is 0 Å². The molecule has 1 atom stereocenters. The van der Waals surface area contributed by atoms with Crippen LogP contribution in [-0.2, 0) is 9.53 Å². The fraction of sp³-hybridized carbons (Fsp3) is 0.833. The molecule has 0 aromatic rings. The summed E-state index contributed by atoms with van der Waals surface area (Å²) in [6.07, 6.45) is 0.425. The quantitative estimate of drug-likeness (QED) is 0.495. The number of hydrogen-bond acceptors (Lipinski definition) is 3. The lowest BCUT2D eigenvalue weighted by Gasteiger charge is -2.18. The second-order valence-corrected chi connectivity index (χ2v) is 1.89. The molecule has 9 heavy (non-hydrogen) atoms. The van der Waals surface area contributed by atoms with Crippen LogP contribution >= 0.6 is 0 Å². The maximum atomic E-state index is 8.00. The Morgan fingerprint density at radius 3 is 2.56 bits per heavy atom. The van der Waals surface area contributed by atoms with Crippen molar-refractivity contribution in [2.45, 2.75) is 13.0 Å². The number of nitrogens with one attached hydrogen (secondary N) is 1. The molecule has 0 aromatic carbocycles. The lowest BCUT2D eigenvalue weighted by Crippen LogP contribution is -2.36. The normalized spacial score (nSPS) is 26.1. The molecule has 0 radical (unpaired) electrons. The standard InChI is InChI=1S/C5H11NO.CH2O/c1-5-4-6-2-3-7-5;1-2/h5-6H,2-4H2,1H3;1H2/t5-;/m0./s1. The van der Waals surface area contributed by atoms with Gasteiger partial charge in [0.25, 0.3) is 0 Å². The van der Waals surface area contributed by atoms with Gasteiger partial charge in [-0.05, 0) is 6.92 Å². The Labute approximate surface area is 55.4 Å². The van der Waals surface area contributed by atoms with Crippen LogP contribution in [0.15, 0.2) is 0 Å². The number of hydrogen-bond donors (Lipinski definition) is 1. The predicted octanol–water partition coefficient (Wildman–Crippen LogP) is -0.190. The topological polar surface area (TPSA) is 38.3 Å². The van der Waals surface area contributed by atoms with E-state index in [1.165, 1.54) is 0 Å². The molecule has 54 valence electrons. The molecule has 1 aliphatic heterocycles. The number of carbonyl (C=O) groups excluding carboxylic acids is 1. The van der Waals surface area contributed by atoms with Crippen molar-refractivity contribution in [1.82, 2.24) is 5.32 Å². The van der Waals surface area contributed by atoms with Crippen molar-refractivity contribution < 1.29 is 9.53 Å². The van der Waals surface area contributed by atoms with Gasteiger partial charge in [0, 0.05) is 13.1 Å². The van der Waals surface area contributed by atoms with E-state index in [4.69, 9.17) is 9.53 Å². The van der Waals surface area contributed by atoms with Gasteiger partial charge in [-0.25, -0.2) is 0 Å². The van der Waals surface area contributed by atoms with Crippen LogP contribution in [0.3, 0.4) is 0 Å². The zero-order chi connectivity index (χ0) is 7.11. The molecule has 1 fully saturated rings. The fourth-order valence-electron chi connectivity index (χ4n) is 0.697. The van der Waals surface area contributed by atoms with Crippen molar-refractivity contribution in [3.63, 3.8) is 0 Å². The third-order valence-corrected chi connectivity index (χ3v) is 1.11. The second-order valence-electron chi connectivity index (χ2n) is 1.89. The van der Waals surface area contributed by atoms with Crippen molar-refractivity contribution >= 4 is 6.79 Å². The van der Waals surface area contributed by atoms with E-state index in [9.17, 15) is 0 Å². The molecule has 0 bridgehead atoms. The molecule has 3 nitrogen and oxygen atoms in total. The monoisotopic (exact) mass is 131 g/mol. The van der Waals surface area contributed by atoms with E-state index < -0.39 is 0 Å². The van der Waals surface area contributed by atoms with Crippen LogP contribution in [0.25, 0.3) is 0 Å². The largest absolute Gasteiger partial charge is 0.376 e. The smallest absolute Gasteiger partial charge is 0.106 e. The predicted molar refractivity (Wildman–Crippen MR) is 35.4 cm³/mol. The van der Waals surface area contributed by atoms with Crippen molar-refractivity contribution in [2.75, 3.05) is 19.7 Å². The minimum absolute atomic E-state index is 0.425. The molecule has 0 aliphatic carbocycles. The number of ether oxygens (including phenoxy) is 1. The molecule has 1 heterocycles. The van der Waals surface area contributed by atoms with Gasteiger partial charge in [-0.2, -0.15) is 0 Å². The SMILES string of the molecule is C=O.C[C@H]1CNCCO1. The van der Waals surface area contributed by atoms with E-state index in [1.54, 1.807) is 0 Å². The Hall–Kier alpha value is -0.410. The molecule has 0 amide bonds. The highest BCUT2D eigenvalue weighted by Crippen LogP contribution is 1.91. The molecule has 1 saturated heterocycles. The van der Waals surface area contributed by atoms with Crippen LogP contribution < -0.4 is 5.32 Å². The van der Waals surface area contributed by atoms with Gasteiger partial charge in [-0.1, -0.05) is 0 Å². The molecule has 1 rings (SSSR count). The molecule has 0 saturated carbocycles. The zero-order valence-electron chi connectivity index (χ0n) is 5.72. The summed E-state index contributed by atoms with van der Waals surface area (Å²) < 4.78 is 5.22. The lowest BCUT2D eigenvalue weighted by atomic mass is 10.3. The summed E-state index contributed by atoms with van der Waals surface area (Å²) in [5.74, 6) is 0. The maximum absolute atomic E-state index is 8.00. The summed E-state index contributed by atoms with van der Waals surface area (Å²) in [5, 5.41) is 3.21. The second kappa shape index (κ2) is 5.72. The highest BCUT2D eigenvalue weighted by atomic mass is 16.5. The van der Waals surface area contributed by atoms with Gasteiger partial charge in [0.15, 0.2) is 0 Å². The Morgan fingerprint density at radius 1 is 1.67 bits per heavy atom. The molecule has 0 spiro atoms. The van der Waals surface area contributed by atoms with Crippen molar-refractivity contribution in [2.24, 2.45) is 0 Å². The molecule has 0 unspecified atom stereocenters. The number of morpholine rings is 1. The summed E-state index contributed by atoms with van der Waals surface area (Å²) in [6, 6.07) is 0. The fourth-order valence-corrected chi connectivity index (χ4v) is 0.697. The van der Waals surface area contributed by atoms with Gasteiger partial charge < -0.3 is 14.8 Å². The van der Waals surface area contributed by atoms with E-state index >= 15 is 0 Å². The molecular formula is C6H13NO2. The van der Waals surface area contributed by atoms with E-state index in [1.807, 2.05) is 6.79 Å². The van der Waals surface area contributed by atoms with Crippen LogP contribution in [0.1, 0.15) is 6.92 Å². The highest BCUT2D eigenvalue weighted by molar-refractivity contribution is 5.10. The van der Waals surface area contributed by atoms with Gasteiger partial charge in [-0.3, -0.25) is 0 Å². The number of rotatable bonds is 0. The third-order valence-electron chi connectivity index (χ3n) is 1.11. The van der Waals surface area contributed by atoms with E-state index in [2.05, 4.69) is 12.2 Å². The van der Waals surface area contributed by atoms with Gasteiger partial charge in [-0.15, -0.1) is 0 Å². The van der Waals surface area contributed by atoms with E-state index in [0.29, 0.717) is 6.10 Å². The van der Waals surface area contributed by atoms with Gasteiger partial charge in [0.1, 0.15) is 6.79 Å². The Morgan fingerprint density at radius 2 is 2.33 bits per heavy atom. The Balaban J connectivity index is 0.000000291. The van der Waals surface area contributed by atoms with Crippen molar-refractivity contribution in [1.29, 1.82) is 0 Å². The Kier molecular flexibility index (Phi) is 5.46. The number of carbonyl (C=O) groups is 1. The molecule has 3 heteroatoms. The first-order valence-corrected chi connectivity index (χ1v) is 3.01. The van der Waals surface area contributed by atoms with Crippen LogP contribution in [0.5, 0.6) is 0 Å². The summed E-state index contributed by atoms with van der Waals surface area (Å²) in [6.45, 7) is 6.98. The molecule has 1 aliphatic rings. The first-order chi connectivity index (χ1) is 4.39. The van der Waals surface area contributed by atoms with Crippen LogP contribution in [0, 0.1) is 0 Å². The lowest BCUT2D eigenvalue weighted by molar-refractivity contribution is -0.0979. The van der Waals surface area contributed by atoms with Crippen LogP contribution in [0.2, 0.25) is 0 Å². The van der Waals surface area contributed by atoms with Gasteiger partial charge in [0.05, 0.1) is 12.7 Å². The van der Waals surface area contributed by atoms with Crippen molar-refractivity contribution in [3.8, 4) is 0 Å². The zero-order valence-corrected chi connectivity index (χ0v) is 5.72. The Bertz CT molecular complexity index is 62.1. The first kappa shape index (κ1) is 8.59. The average molecular weight is 131 g/mol. The average Bonchev–Trinajstić information content (AvgIpc) is 1.94. The first-order valence-electron chi connectivity index (χ1n) is 3.01. The summed E-state index contributed by atoms with van der Waals surface area (Å²) >= 11 is 0. The van der Waals surface area contributed by atoms with Gasteiger partial charge in [0.2, 0.25) is 0 Å².